The van der Waals surface area contributed by atoms with E-state index in [2.05, 4.69) is 20.5 Å². The van der Waals surface area contributed by atoms with Gasteiger partial charge in [-0.2, -0.15) is 0 Å². The first-order valence-electron chi connectivity index (χ1n) is 6.04. The minimum Gasteiger partial charge on any atom is -0.357 e. The molecule has 1 amide bonds. The van der Waals surface area contributed by atoms with Crippen LogP contribution >= 0.6 is 11.3 Å². The summed E-state index contributed by atoms with van der Waals surface area (Å²) < 4.78 is 0. The van der Waals surface area contributed by atoms with E-state index in [1.165, 1.54) is 11.3 Å². The lowest BCUT2D eigenvalue weighted by Crippen LogP contribution is -2.12. The Labute approximate surface area is 115 Å². The molecule has 0 unspecified atom stereocenters. The lowest BCUT2D eigenvalue weighted by atomic mass is 10.3. The molecule has 0 saturated carbocycles. The highest BCUT2D eigenvalue weighted by Gasteiger charge is 2.12. The van der Waals surface area contributed by atoms with Crippen molar-refractivity contribution in [3.63, 3.8) is 0 Å². The first kappa shape index (κ1) is 13.7. The number of H-pyrrole nitrogens is 1. The third-order valence-electron chi connectivity index (χ3n) is 2.48. The van der Waals surface area contributed by atoms with Crippen LogP contribution in [0.3, 0.4) is 0 Å². The highest BCUT2D eigenvalue weighted by molar-refractivity contribution is 7.15. The molecule has 2 aromatic heterocycles. The zero-order chi connectivity index (χ0) is 13.8. The Bertz CT molecular complexity index is 560. The highest BCUT2D eigenvalue weighted by atomic mass is 32.1. The summed E-state index contributed by atoms with van der Waals surface area (Å²) in [5, 5.41) is 12.1. The number of nitrogens with zero attached hydrogens (tertiary/aromatic N) is 3. The number of nitrogens with one attached hydrogen (secondary N) is 2. The van der Waals surface area contributed by atoms with Crippen molar-refractivity contribution < 1.29 is 4.79 Å². The number of anilines is 1. The van der Waals surface area contributed by atoms with Gasteiger partial charge in [0.05, 0.1) is 0 Å². The molecule has 2 aromatic rings. The number of aromatic nitrogens is 3. The molecule has 2 heterocycles. The molecule has 0 bridgehead atoms. The molecule has 0 radical (unpaired) electrons. The average Bonchev–Trinajstić information content (AvgIpc) is 2.97. The van der Waals surface area contributed by atoms with Gasteiger partial charge in [-0.15, -0.1) is 10.2 Å². The number of amides is 1. The Morgan fingerprint density at radius 1 is 1.47 bits per heavy atom. The van der Waals surface area contributed by atoms with Crippen LogP contribution in [0.5, 0.6) is 0 Å². The molecule has 102 valence electrons. The Morgan fingerprint density at radius 3 is 2.89 bits per heavy atom. The van der Waals surface area contributed by atoms with Crippen LogP contribution < -0.4 is 5.32 Å². The van der Waals surface area contributed by atoms with Gasteiger partial charge < -0.3 is 9.88 Å². The van der Waals surface area contributed by atoms with E-state index in [1.807, 2.05) is 38.2 Å². The van der Waals surface area contributed by atoms with Crippen LogP contribution in [0, 0.1) is 0 Å². The largest absolute Gasteiger partial charge is 0.357 e. The molecule has 0 spiro atoms. The summed E-state index contributed by atoms with van der Waals surface area (Å²) >= 11 is 1.40. The molecule has 7 heteroatoms. The van der Waals surface area contributed by atoms with Crippen molar-refractivity contribution in [2.45, 2.75) is 19.9 Å². The average molecular weight is 279 g/mol. The zero-order valence-corrected chi connectivity index (χ0v) is 12.0. The maximum absolute atomic E-state index is 12.0. The maximum Gasteiger partial charge on any atom is 0.273 e. The first-order chi connectivity index (χ1) is 9.08. The van der Waals surface area contributed by atoms with E-state index in [-0.39, 0.29) is 5.91 Å². The Kier molecular flexibility index (Phi) is 4.28. The minimum atomic E-state index is -0.191. The van der Waals surface area contributed by atoms with E-state index in [1.54, 1.807) is 0 Å². The Hall–Kier alpha value is -1.73. The molecule has 2 N–H and O–H groups in total. The van der Waals surface area contributed by atoms with Crippen molar-refractivity contribution in [1.29, 1.82) is 0 Å². The smallest absolute Gasteiger partial charge is 0.273 e. The molecule has 0 aliphatic heterocycles. The van der Waals surface area contributed by atoms with E-state index < -0.39 is 0 Å². The van der Waals surface area contributed by atoms with Crippen LogP contribution in [0.1, 0.15) is 28.0 Å². The first-order valence-corrected chi connectivity index (χ1v) is 6.86. The zero-order valence-electron chi connectivity index (χ0n) is 11.2. The number of hydrogen-bond donors (Lipinski definition) is 2. The van der Waals surface area contributed by atoms with Crippen LogP contribution in [0.15, 0.2) is 12.3 Å². The van der Waals surface area contributed by atoms with Gasteiger partial charge in [0, 0.05) is 12.7 Å². The number of rotatable bonds is 5. The molecule has 19 heavy (non-hydrogen) atoms. The SMILES string of the molecule is CCc1nnc(NC(=O)c2cc(CN(C)C)c[nH]2)s1. The van der Waals surface area contributed by atoms with Crippen LogP contribution in [0.25, 0.3) is 0 Å². The predicted octanol–water partition coefficient (Wildman–Crippen LogP) is 1.74. The van der Waals surface area contributed by atoms with Crippen LogP contribution in [0.4, 0.5) is 5.13 Å². The van der Waals surface area contributed by atoms with E-state index >= 15 is 0 Å². The lowest BCUT2D eigenvalue weighted by Gasteiger charge is -2.06. The number of aromatic amines is 1. The molecule has 0 aliphatic rings. The molecular formula is C12H17N5OS. The van der Waals surface area contributed by atoms with Gasteiger partial charge in [0.25, 0.3) is 5.91 Å². The van der Waals surface area contributed by atoms with Gasteiger partial charge in [0.15, 0.2) is 0 Å². The fourth-order valence-corrected chi connectivity index (χ4v) is 2.31. The molecular weight excluding hydrogens is 262 g/mol. The van der Waals surface area contributed by atoms with Gasteiger partial charge in [-0.1, -0.05) is 18.3 Å². The maximum atomic E-state index is 12.0. The second-order valence-electron chi connectivity index (χ2n) is 4.47. The Balaban J connectivity index is 2.01. The predicted molar refractivity (Wildman–Crippen MR) is 75.4 cm³/mol. The monoisotopic (exact) mass is 279 g/mol. The summed E-state index contributed by atoms with van der Waals surface area (Å²) in [6, 6.07) is 1.84. The summed E-state index contributed by atoms with van der Waals surface area (Å²) in [7, 11) is 3.97. The molecule has 0 fully saturated rings. The molecule has 0 saturated heterocycles. The number of carbonyl (C=O) groups excluding carboxylic acids is 1. The molecule has 0 aromatic carbocycles. The standard InChI is InChI=1S/C12H17N5OS/c1-4-10-15-16-12(19-10)14-11(18)9-5-8(6-13-9)7-17(2)3/h5-6,13H,4,7H2,1-3H3,(H,14,16,18). The van der Waals surface area contributed by atoms with Crippen molar-refractivity contribution in [2.75, 3.05) is 19.4 Å². The van der Waals surface area contributed by atoms with Gasteiger partial charge >= 0.3 is 0 Å². The van der Waals surface area contributed by atoms with Gasteiger partial charge in [0.2, 0.25) is 5.13 Å². The topological polar surface area (TPSA) is 73.9 Å². The Morgan fingerprint density at radius 2 is 2.26 bits per heavy atom. The van der Waals surface area contributed by atoms with Crippen molar-refractivity contribution in [3.05, 3.63) is 28.5 Å². The quantitative estimate of drug-likeness (QED) is 0.874. The van der Waals surface area contributed by atoms with Gasteiger partial charge in [-0.25, -0.2) is 0 Å². The fraction of sp³-hybridized carbons (Fsp3) is 0.417. The highest BCUT2D eigenvalue weighted by Crippen LogP contribution is 2.16. The third kappa shape index (κ3) is 3.62. The summed E-state index contributed by atoms with van der Waals surface area (Å²) in [5.41, 5.74) is 1.60. The molecule has 0 atom stereocenters. The van der Waals surface area contributed by atoms with Crippen LogP contribution in [0.2, 0.25) is 0 Å². The van der Waals surface area contributed by atoms with E-state index in [4.69, 9.17) is 0 Å². The van der Waals surface area contributed by atoms with E-state index in [9.17, 15) is 4.79 Å². The number of carbonyl (C=O) groups is 1. The normalized spacial score (nSPS) is 10.9. The summed E-state index contributed by atoms with van der Waals surface area (Å²) in [6.07, 6.45) is 2.66. The van der Waals surface area contributed by atoms with Gasteiger partial charge in [-0.05, 0) is 32.1 Å². The third-order valence-corrected chi connectivity index (χ3v) is 3.46. The van der Waals surface area contributed by atoms with E-state index in [0.29, 0.717) is 10.8 Å². The summed E-state index contributed by atoms with van der Waals surface area (Å²) in [6.45, 7) is 2.80. The number of hydrogen-bond acceptors (Lipinski definition) is 5. The molecule has 2 rings (SSSR count). The van der Waals surface area contributed by atoms with Crippen molar-refractivity contribution in [1.82, 2.24) is 20.1 Å². The van der Waals surface area contributed by atoms with E-state index in [0.717, 1.165) is 23.5 Å². The molecule has 0 aliphatic carbocycles. The number of aryl methyl sites for hydroxylation is 1. The van der Waals surface area contributed by atoms with Crippen LogP contribution in [-0.4, -0.2) is 40.1 Å². The van der Waals surface area contributed by atoms with Crippen molar-refractivity contribution in [3.8, 4) is 0 Å². The summed E-state index contributed by atoms with van der Waals surface area (Å²) in [5.74, 6) is -0.191. The van der Waals surface area contributed by atoms with Crippen molar-refractivity contribution >= 4 is 22.4 Å². The van der Waals surface area contributed by atoms with Crippen LogP contribution in [-0.2, 0) is 13.0 Å². The van der Waals surface area contributed by atoms with Gasteiger partial charge in [0.1, 0.15) is 10.7 Å². The van der Waals surface area contributed by atoms with Gasteiger partial charge in [-0.3, -0.25) is 10.1 Å². The van der Waals surface area contributed by atoms with Crippen molar-refractivity contribution in [2.24, 2.45) is 0 Å². The summed E-state index contributed by atoms with van der Waals surface area (Å²) in [4.78, 5) is 17.0. The molecule has 6 nitrogen and oxygen atoms in total. The minimum absolute atomic E-state index is 0.191. The fourth-order valence-electron chi connectivity index (χ4n) is 1.64. The second-order valence-corrected chi connectivity index (χ2v) is 5.53. The lowest BCUT2D eigenvalue weighted by molar-refractivity contribution is 0.102. The second kappa shape index (κ2) is 5.94.